The first-order valence-electron chi connectivity index (χ1n) is 7.43. The Balaban J connectivity index is 1.96. The van der Waals surface area contributed by atoms with Gasteiger partial charge in [-0.3, -0.25) is 30.3 Å². The Morgan fingerprint density at radius 2 is 1.48 bits per heavy atom. The van der Waals surface area contributed by atoms with Crippen LogP contribution in [0.3, 0.4) is 0 Å². The molecule has 2 aromatic heterocycles. The lowest BCUT2D eigenvalue weighted by atomic mass is 9.82. The van der Waals surface area contributed by atoms with Crippen LogP contribution in [0.15, 0.2) is 33.1 Å². The molecule has 0 saturated carbocycles. The summed E-state index contributed by atoms with van der Waals surface area (Å²) in [5.41, 5.74) is -1.92. The van der Waals surface area contributed by atoms with Crippen molar-refractivity contribution < 1.29 is 32.7 Å². The third-order valence-electron chi connectivity index (χ3n) is 3.95. The summed E-state index contributed by atoms with van der Waals surface area (Å²) in [6.45, 7) is 0. The fourth-order valence-electron chi connectivity index (χ4n) is 2.82. The van der Waals surface area contributed by atoms with E-state index in [1.54, 1.807) is 5.32 Å². The first-order valence-corrected chi connectivity index (χ1v) is 7.43. The number of amides is 3. The van der Waals surface area contributed by atoms with Crippen LogP contribution in [0, 0.1) is 20.2 Å². The van der Waals surface area contributed by atoms with Gasteiger partial charge in [0.1, 0.15) is 21.4 Å². The van der Waals surface area contributed by atoms with Crippen LogP contribution in [-0.2, 0) is 17.6 Å². The number of nitro groups is 2. The highest BCUT2D eigenvalue weighted by Crippen LogP contribution is 2.31. The van der Waals surface area contributed by atoms with Gasteiger partial charge < -0.3 is 14.2 Å². The van der Waals surface area contributed by atoms with Crippen molar-refractivity contribution in [2.24, 2.45) is 0 Å². The predicted molar refractivity (Wildman–Crippen MR) is 82.4 cm³/mol. The number of hydrogen-bond acceptors (Lipinski definition) is 8. The largest absolute Gasteiger partial charge is 0.433 e. The van der Waals surface area contributed by atoms with Gasteiger partial charge in [-0.25, -0.2) is 9.18 Å². The Hall–Kier alpha value is -3.77. The van der Waals surface area contributed by atoms with Crippen molar-refractivity contribution in [3.8, 4) is 0 Å². The van der Waals surface area contributed by atoms with Gasteiger partial charge >= 0.3 is 17.8 Å². The number of nitrogens with one attached hydrogen (secondary N) is 2. The van der Waals surface area contributed by atoms with E-state index in [1.165, 1.54) is 12.1 Å². The van der Waals surface area contributed by atoms with Crippen molar-refractivity contribution in [2.75, 3.05) is 0 Å². The Morgan fingerprint density at radius 3 is 1.89 bits per heavy atom. The summed E-state index contributed by atoms with van der Waals surface area (Å²) in [6.07, 6.45) is -3.14. The van der Waals surface area contributed by atoms with Crippen molar-refractivity contribution in [2.45, 2.75) is 24.6 Å². The molecule has 1 atom stereocenters. The zero-order valence-electron chi connectivity index (χ0n) is 13.3. The summed E-state index contributed by atoms with van der Waals surface area (Å²) in [4.78, 5) is 43.4. The third-order valence-corrected chi connectivity index (χ3v) is 3.95. The summed E-state index contributed by atoms with van der Waals surface area (Å²) in [7, 11) is 0. The van der Waals surface area contributed by atoms with Crippen LogP contribution in [0.25, 0.3) is 0 Å². The second-order valence-electron chi connectivity index (χ2n) is 5.81. The van der Waals surface area contributed by atoms with Crippen LogP contribution in [0.1, 0.15) is 11.5 Å². The minimum absolute atomic E-state index is 0.0691. The molecule has 1 aliphatic heterocycles. The standard InChI is InChI=1S/C14H11FN4O8/c15-11-12(20)16-13(21)17-14(11,5-7-1-3-9(26-7)18(22)23)6-8-2-4-10(27-8)19(24)25/h1-4,11H,5-6H2,(H2,16,17,20,21). The van der Waals surface area contributed by atoms with Crippen LogP contribution in [0.2, 0.25) is 0 Å². The van der Waals surface area contributed by atoms with E-state index < -0.39 is 58.1 Å². The summed E-state index contributed by atoms with van der Waals surface area (Å²) in [5.74, 6) is -2.56. The normalized spacial score (nSPS) is 18.6. The quantitative estimate of drug-likeness (QED) is 0.557. The molecule has 2 aromatic rings. The van der Waals surface area contributed by atoms with Gasteiger partial charge in [0.25, 0.3) is 5.91 Å². The number of furan rings is 2. The zero-order chi connectivity index (χ0) is 19.8. The average molecular weight is 382 g/mol. The molecule has 142 valence electrons. The maximum Gasteiger partial charge on any atom is 0.433 e. The van der Waals surface area contributed by atoms with E-state index in [4.69, 9.17) is 8.83 Å². The zero-order valence-corrected chi connectivity index (χ0v) is 13.3. The Morgan fingerprint density at radius 1 is 1.00 bits per heavy atom. The maximum atomic E-state index is 14.8. The van der Waals surface area contributed by atoms with E-state index in [1.807, 2.05) is 0 Å². The second kappa shape index (κ2) is 6.51. The second-order valence-corrected chi connectivity index (χ2v) is 5.81. The van der Waals surface area contributed by atoms with Gasteiger partial charge in [0.05, 0.1) is 17.7 Å². The van der Waals surface area contributed by atoms with Crippen LogP contribution in [-0.4, -0.2) is 33.5 Å². The van der Waals surface area contributed by atoms with Gasteiger partial charge in [-0.1, -0.05) is 0 Å². The molecule has 3 amide bonds. The van der Waals surface area contributed by atoms with Crippen LogP contribution in [0.5, 0.6) is 0 Å². The first-order chi connectivity index (χ1) is 12.7. The Labute approximate surface area is 148 Å². The molecule has 0 bridgehead atoms. The molecule has 1 fully saturated rings. The molecule has 1 unspecified atom stereocenters. The SMILES string of the molecule is O=C1NC(=O)C(F)C(Cc2ccc([N+](=O)[O-])o2)(Cc2ccc([N+](=O)[O-])o2)N1. The molecular formula is C14H11FN4O8. The van der Waals surface area contributed by atoms with Gasteiger partial charge in [-0.15, -0.1) is 0 Å². The minimum Gasteiger partial charge on any atom is -0.406 e. The molecule has 1 saturated heterocycles. The van der Waals surface area contributed by atoms with Crippen molar-refractivity contribution in [3.05, 3.63) is 56.0 Å². The minimum atomic E-state index is -2.27. The molecule has 0 aliphatic carbocycles. The number of rotatable bonds is 6. The van der Waals surface area contributed by atoms with Gasteiger partial charge in [0.15, 0.2) is 0 Å². The average Bonchev–Trinajstić information content (AvgIpc) is 3.22. The van der Waals surface area contributed by atoms with E-state index in [2.05, 4.69) is 5.32 Å². The highest BCUT2D eigenvalue weighted by Gasteiger charge is 2.50. The first kappa shape index (κ1) is 18.0. The number of halogens is 1. The molecule has 0 radical (unpaired) electrons. The molecule has 0 aromatic carbocycles. The van der Waals surface area contributed by atoms with Crippen molar-refractivity contribution in [1.82, 2.24) is 10.6 Å². The molecule has 27 heavy (non-hydrogen) atoms. The summed E-state index contributed by atoms with van der Waals surface area (Å²) in [6, 6.07) is 3.50. The topological polar surface area (TPSA) is 171 Å². The lowest BCUT2D eigenvalue weighted by Gasteiger charge is -2.38. The Kier molecular flexibility index (Phi) is 4.35. The lowest BCUT2D eigenvalue weighted by Crippen LogP contribution is -2.69. The highest BCUT2D eigenvalue weighted by molar-refractivity contribution is 6.00. The predicted octanol–water partition coefficient (Wildman–Crippen LogP) is 1.39. The number of nitrogens with zero attached hydrogens (tertiary/aromatic N) is 2. The number of carbonyl (C=O) groups is 2. The van der Waals surface area contributed by atoms with Gasteiger partial charge in [0, 0.05) is 12.8 Å². The molecular weight excluding hydrogens is 371 g/mol. The third kappa shape index (κ3) is 3.47. The van der Waals surface area contributed by atoms with Crippen LogP contribution < -0.4 is 10.6 Å². The molecule has 3 heterocycles. The molecule has 0 spiro atoms. The van der Waals surface area contributed by atoms with Gasteiger partial charge in [-0.2, -0.15) is 0 Å². The molecule has 12 nitrogen and oxygen atoms in total. The molecule has 3 rings (SSSR count). The number of carbonyl (C=O) groups excluding carboxylic acids is 2. The lowest BCUT2D eigenvalue weighted by molar-refractivity contribution is -0.402. The van der Waals surface area contributed by atoms with Crippen molar-refractivity contribution in [3.63, 3.8) is 0 Å². The number of urea groups is 1. The monoisotopic (exact) mass is 382 g/mol. The molecule has 1 aliphatic rings. The number of imide groups is 1. The van der Waals surface area contributed by atoms with Gasteiger partial charge in [0.2, 0.25) is 6.17 Å². The van der Waals surface area contributed by atoms with Crippen LogP contribution in [0.4, 0.5) is 21.0 Å². The summed E-state index contributed by atoms with van der Waals surface area (Å²) in [5, 5.41) is 25.5. The number of hydrogen-bond donors (Lipinski definition) is 2. The van der Waals surface area contributed by atoms with E-state index in [9.17, 15) is 34.2 Å². The van der Waals surface area contributed by atoms with Crippen LogP contribution >= 0.6 is 0 Å². The van der Waals surface area contributed by atoms with E-state index >= 15 is 0 Å². The van der Waals surface area contributed by atoms with Crippen molar-refractivity contribution in [1.29, 1.82) is 0 Å². The van der Waals surface area contributed by atoms with Gasteiger partial charge in [-0.05, 0) is 12.1 Å². The smallest absolute Gasteiger partial charge is 0.406 e. The van der Waals surface area contributed by atoms with E-state index in [0.29, 0.717) is 0 Å². The fraction of sp³-hybridized carbons (Fsp3) is 0.286. The van der Waals surface area contributed by atoms with Crippen molar-refractivity contribution >= 4 is 23.7 Å². The fourth-order valence-corrected chi connectivity index (χ4v) is 2.82. The Bertz CT molecular complexity index is 881. The molecule has 13 heteroatoms. The maximum absolute atomic E-state index is 14.8. The summed E-state index contributed by atoms with van der Waals surface area (Å²) >= 11 is 0. The number of alkyl halides is 1. The van der Waals surface area contributed by atoms with E-state index in [-0.39, 0.29) is 11.5 Å². The highest BCUT2D eigenvalue weighted by atomic mass is 19.1. The molecule has 2 N–H and O–H groups in total. The van der Waals surface area contributed by atoms with E-state index in [0.717, 1.165) is 12.1 Å². The summed E-state index contributed by atoms with van der Waals surface area (Å²) < 4.78 is 24.8.